The number of allylic oxidation sites excluding steroid dienone is 2. The molecule has 0 fully saturated rings. The maximum atomic E-state index is 5.36. The van der Waals surface area contributed by atoms with Gasteiger partial charge in [0.2, 0.25) is 0 Å². The van der Waals surface area contributed by atoms with Gasteiger partial charge in [-0.3, -0.25) is 0 Å². The second kappa shape index (κ2) is 5.58. The highest BCUT2D eigenvalue weighted by atomic mass is 16.5. The Kier molecular flexibility index (Phi) is 4.38. The highest BCUT2D eigenvalue weighted by molar-refractivity contribution is 5.82. The minimum Gasteiger partial charge on any atom is -0.496 e. The van der Waals surface area contributed by atoms with Gasteiger partial charge in [-0.25, -0.2) is 0 Å². The quantitative estimate of drug-likeness (QED) is 0.800. The molecule has 92 valence electrons. The molecule has 0 aliphatic rings. The number of likely N-dealkylation sites (N-methyl/N-ethyl adjacent to an activating group) is 1. The van der Waals surface area contributed by atoms with Crippen LogP contribution in [0, 0.1) is 6.92 Å². The SMILES string of the molecule is C=C(NC)C(=C(C)C)c1cccc(OC)c1C. The molecule has 0 spiro atoms. The van der Waals surface area contributed by atoms with Gasteiger partial charge in [-0.05, 0) is 38.0 Å². The van der Waals surface area contributed by atoms with Crippen LogP contribution in [0.2, 0.25) is 0 Å². The summed E-state index contributed by atoms with van der Waals surface area (Å²) < 4.78 is 5.36. The molecule has 0 aliphatic heterocycles. The molecule has 0 aliphatic carbocycles. The van der Waals surface area contributed by atoms with Crippen LogP contribution in [-0.2, 0) is 0 Å². The second-order valence-corrected chi connectivity index (χ2v) is 4.24. The third-order valence-electron chi connectivity index (χ3n) is 2.88. The van der Waals surface area contributed by atoms with E-state index in [1.165, 1.54) is 11.1 Å². The van der Waals surface area contributed by atoms with Crippen molar-refractivity contribution in [3.63, 3.8) is 0 Å². The number of hydrogen-bond donors (Lipinski definition) is 1. The molecule has 0 aromatic heterocycles. The zero-order valence-corrected chi connectivity index (χ0v) is 11.3. The van der Waals surface area contributed by atoms with E-state index in [1.807, 2.05) is 19.2 Å². The van der Waals surface area contributed by atoms with Gasteiger partial charge in [0, 0.05) is 18.3 Å². The van der Waals surface area contributed by atoms with Gasteiger partial charge in [-0.2, -0.15) is 0 Å². The molecule has 1 N–H and O–H groups in total. The topological polar surface area (TPSA) is 21.3 Å². The molecule has 1 aromatic rings. The van der Waals surface area contributed by atoms with Gasteiger partial charge in [0.15, 0.2) is 0 Å². The van der Waals surface area contributed by atoms with Gasteiger partial charge in [0.05, 0.1) is 7.11 Å². The lowest BCUT2D eigenvalue weighted by molar-refractivity contribution is 0.411. The van der Waals surface area contributed by atoms with Crippen LogP contribution in [0.3, 0.4) is 0 Å². The average Bonchev–Trinajstić information content (AvgIpc) is 2.31. The zero-order valence-electron chi connectivity index (χ0n) is 11.3. The van der Waals surface area contributed by atoms with Crippen LogP contribution in [-0.4, -0.2) is 14.2 Å². The van der Waals surface area contributed by atoms with Crippen molar-refractivity contribution in [3.8, 4) is 5.75 Å². The Hall–Kier alpha value is -1.70. The van der Waals surface area contributed by atoms with E-state index in [0.29, 0.717) is 0 Å². The minimum absolute atomic E-state index is 0.908. The molecule has 0 atom stereocenters. The van der Waals surface area contributed by atoms with Crippen LogP contribution in [0.4, 0.5) is 0 Å². The number of methoxy groups -OCH3 is 1. The highest BCUT2D eigenvalue weighted by Crippen LogP contribution is 2.31. The van der Waals surface area contributed by atoms with Gasteiger partial charge in [-0.15, -0.1) is 0 Å². The smallest absolute Gasteiger partial charge is 0.122 e. The summed E-state index contributed by atoms with van der Waals surface area (Å²) in [4.78, 5) is 0. The maximum absolute atomic E-state index is 5.36. The lowest BCUT2D eigenvalue weighted by Crippen LogP contribution is -2.08. The Balaban J connectivity index is 3.41. The maximum Gasteiger partial charge on any atom is 0.122 e. The molecule has 0 radical (unpaired) electrons. The first-order chi connectivity index (χ1) is 8.02. The molecule has 2 nitrogen and oxygen atoms in total. The van der Waals surface area contributed by atoms with Crippen molar-refractivity contribution in [2.75, 3.05) is 14.2 Å². The third-order valence-corrected chi connectivity index (χ3v) is 2.88. The van der Waals surface area contributed by atoms with Crippen LogP contribution in [0.1, 0.15) is 25.0 Å². The fraction of sp³-hybridized carbons (Fsp3) is 0.333. The summed E-state index contributed by atoms with van der Waals surface area (Å²) in [5.41, 5.74) is 5.64. The summed E-state index contributed by atoms with van der Waals surface area (Å²) >= 11 is 0. The fourth-order valence-corrected chi connectivity index (χ4v) is 1.97. The Morgan fingerprint density at radius 3 is 2.41 bits per heavy atom. The van der Waals surface area contributed by atoms with Crippen LogP contribution in [0.25, 0.3) is 5.57 Å². The largest absolute Gasteiger partial charge is 0.496 e. The van der Waals surface area contributed by atoms with Crippen molar-refractivity contribution >= 4 is 5.57 Å². The number of ether oxygens (including phenoxy) is 1. The Morgan fingerprint density at radius 2 is 1.94 bits per heavy atom. The molecule has 0 bridgehead atoms. The summed E-state index contributed by atoms with van der Waals surface area (Å²) in [5, 5.41) is 3.12. The summed E-state index contributed by atoms with van der Waals surface area (Å²) in [6, 6.07) is 6.08. The van der Waals surface area contributed by atoms with E-state index in [2.05, 4.69) is 38.7 Å². The van der Waals surface area contributed by atoms with Crippen molar-refractivity contribution in [1.82, 2.24) is 5.32 Å². The standard InChI is InChI=1S/C15H21NO/c1-10(2)15(12(4)16-5)13-8-7-9-14(17-6)11(13)3/h7-9,16H,4H2,1-3,5-6H3. The molecule has 0 heterocycles. The van der Waals surface area contributed by atoms with E-state index >= 15 is 0 Å². The average molecular weight is 231 g/mol. The second-order valence-electron chi connectivity index (χ2n) is 4.24. The lowest BCUT2D eigenvalue weighted by Gasteiger charge is -2.17. The van der Waals surface area contributed by atoms with Gasteiger partial charge in [-0.1, -0.05) is 24.3 Å². The van der Waals surface area contributed by atoms with E-state index in [9.17, 15) is 0 Å². The fourth-order valence-electron chi connectivity index (χ4n) is 1.97. The van der Waals surface area contributed by atoms with E-state index in [1.54, 1.807) is 7.11 Å². The predicted octanol–water partition coefficient (Wildman–Crippen LogP) is 3.53. The summed E-state index contributed by atoms with van der Waals surface area (Å²) in [7, 11) is 3.59. The summed E-state index contributed by atoms with van der Waals surface area (Å²) in [6.45, 7) is 10.3. The summed E-state index contributed by atoms with van der Waals surface area (Å²) in [5.74, 6) is 0.908. The molecular formula is C15H21NO. The normalized spacial score (nSPS) is 9.71. The lowest BCUT2D eigenvalue weighted by atomic mass is 9.94. The molecular weight excluding hydrogens is 210 g/mol. The first kappa shape index (κ1) is 13.4. The number of hydrogen-bond acceptors (Lipinski definition) is 2. The zero-order chi connectivity index (χ0) is 13.0. The van der Waals surface area contributed by atoms with Gasteiger partial charge < -0.3 is 10.1 Å². The number of benzene rings is 1. The molecule has 2 heteroatoms. The molecule has 1 rings (SSSR count). The van der Waals surface area contributed by atoms with Gasteiger partial charge in [0.25, 0.3) is 0 Å². The van der Waals surface area contributed by atoms with Crippen molar-refractivity contribution < 1.29 is 4.74 Å². The Bertz CT molecular complexity index is 454. The van der Waals surface area contributed by atoms with Crippen LogP contribution >= 0.6 is 0 Å². The van der Waals surface area contributed by atoms with Crippen molar-refractivity contribution in [1.29, 1.82) is 0 Å². The van der Waals surface area contributed by atoms with Crippen molar-refractivity contribution in [2.45, 2.75) is 20.8 Å². The van der Waals surface area contributed by atoms with Gasteiger partial charge in [0.1, 0.15) is 5.75 Å². The van der Waals surface area contributed by atoms with Crippen molar-refractivity contribution in [2.24, 2.45) is 0 Å². The van der Waals surface area contributed by atoms with Crippen LogP contribution in [0.15, 0.2) is 36.0 Å². The molecule has 0 saturated heterocycles. The van der Waals surface area contributed by atoms with Crippen LogP contribution < -0.4 is 10.1 Å². The highest BCUT2D eigenvalue weighted by Gasteiger charge is 2.12. The van der Waals surface area contributed by atoms with Crippen molar-refractivity contribution in [3.05, 3.63) is 47.2 Å². The first-order valence-corrected chi connectivity index (χ1v) is 5.71. The third kappa shape index (κ3) is 2.70. The molecule has 0 unspecified atom stereocenters. The Labute approximate surface area is 104 Å². The molecule has 0 saturated carbocycles. The van der Waals surface area contributed by atoms with Crippen LogP contribution in [0.5, 0.6) is 5.75 Å². The molecule has 1 aromatic carbocycles. The minimum atomic E-state index is 0.908. The predicted molar refractivity (Wildman–Crippen MR) is 74.2 cm³/mol. The van der Waals surface area contributed by atoms with E-state index in [0.717, 1.165) is 22.6 Å². The molecule has 17 heavy (non-hydrogen) atoms. The Morgan fingerprint density at radius 1 is 1.29 bits per heavy atom. The van der Waals surface area contributed by atoms with Gasteiger partial charge >= 0.3 is 0 Å². The summed E-state index contributed by atoms with van der Waals surface area (Å²) in [6.07, 6.45) is 0. The molecule has 0 amide bonds. The van der Waals surface area contributed by atoms with E-state index in [4.69, 9.17) is 4.74 Å². The monoisotopic (exact) mass is 231 g/mol. The first-order valence-electron chi connectivity index (χ1n) is 5.71. The number of rotatable bonds is 4. The van der Waals surface area contributed by atoms with E-state index < -0.39 is 0 Å². The number of nitrogens with one attached hydrogen (secondary N) is 1. The van der Waals surface area contributed by atoms with E-state index in [-0.39, 0.29) is 0 Å².